The second kappa shape index (κ2) is 15.0. The maximum absolute atomic E-state index is 13.3. The van der Waals surface area contributed by atoms with Crippen LogP contribution < -0.4 is 20.1 Å². The number of fused-ring (bicyclic) bond motifs is 2. The van der Waals surface area contributed by atoms with E-state index in [1.807, 2.05) is 87.7 Å². The molecule has 2 aromatic carbocycles. The first-order valence-corrected chi connectivity index (χ1v) is 19.3. The summed E-state index contributed by atoms with van der Waals surface area (Å²) in [6.45, 7) is 13.8. The molecule has 1 fully saturated rings. The van der Waals surface area contributed by atoms with Gasteiger partial charge in [-0.3, -0.25) is 14.0 Å². The largest absolute Gasteiger partial charge is 0.484 e. The third kappa shape index (κ3) is 8.22. The van der Waals surface area contributed by atoms with Crippen LogP contribution >= 0.6 is 0 Å². The second-order valence-electron chi connectivity index (χ2n) is 14.1. The van der Waals surface area contributed by atoms with E-state index in [9.17, 15) is 18.3 Å². The van der Waals surface area contributed by atoms with Gasteiger partial charge in [-0.15, -0.1) is 10.2 Å². The van der Waals surface area contributed by atoms with Gasteiger partial charge in [-0.05, 0) is 91.6 Å². The maximum Gasteiger partial charge on any atom is 0.319 e. The number of amides is 2. The van der Waals surface area contributed by atoms with Gasteiger partial charge >= 0.3 is 6.03 Å². The number of benzene rings is 2. The molecule has 3 atom stereocenters. The number of β-amino-alcohol motifs (C(OH)–C–C–N with tert-alkyl or cyclic N) is 1. The number of hydrogen-bond acceptors (Lipinski definition) is 8. The number of aliphatic hydroxyl groups is 1. The van der Waals surface area contributed by atoms with Crippen LogP contribution in [0.3, 0.4) is 0 Å². The lowest BCUT2D eigenvalue weighted by atomic mass is 9.85. The van der Waals surface area contributed by atoms with Gasteiger partial charge in [0.05, 0.1) is 36.3 Å². The molecule has 0 radical (unpaired) electrons. The summed E-state index contributed by atoms with van der Waals surface area (Å²) in [5.74, 6) is 1.53. The van der Waals surface area contributed by atoms with Crippen molar-refractivity contribution in [3.63, 3.8) is 0 Å². The van der Waals surface area contributed by atoms with Crippen LogP contribution in [-0.4, -0.2) is 65.0 Å². The SMILES string of the molecule is CC.CC(C)(C)c1cc(NC(=O)NC2CCC(Oc3ccc4nnc([C@]5(C)CCCN5CCO)n4c3)c3ccccc32)cc(NS(C)(=O)=O)c1. The van der Waals surface area contributed by atoms with E-state index in [-0.39, 0.29) is 35.7 Å². The Bertz CT molecular complexity index is 1920. The molecule has 4 N–H and O–H groups in total. The zero-order valence-corrected chi connectivity index (χ0v) is 31.0. The van der Waals surface area contributed by atoms with Crippen LogP contribution in [0.1, 0.15) is 102 Å². The lowest BCUT2D eigenvalue weighted by Gasteiger charge is -2.33. The highest BCUT2D eigenvalue weighted by Gasteiger charge is 2.41. The Hall–Kier alpha value is -4.20. The summed E-state index contributed by atoms with van der Waals surface area (Å²) in [7, 11) is -3.50. The van der Waals surface area contributed by atoms with E-state index in [2.05, 4.69) is 37.4 Å². The number of carbonyl (C=O) groups is 1. The zero-order chi connectivity index (χ0) is 36.3. The highest BCUT2D eigenvalue weighted by Crippen LogP contribution is 2.40. The average Bonchev–Trinajstić information content (AvgIpc) is 3.65. The number of sulfonamides is 1. The fourth-order valence-electron chi connectivity index (χ4n) is 6.98. The number of hydrogen-bond donors (Lipinski definition) is 4. The molecule has 2 unspecified atom stereocenters. The molecular formula is C37H51N7O5S. The summed E-state index contributed by atoms with van der Waals surface area (Å²) < 4.78 is 35.0. The number of nitrogens with one attached hydrogen (secondary N) is 3. The minimum Gasteiger partial charge on any atom is -0.484 e. The summed E-state index contributed by atoms with van der Waals surface area (Å²) in [6.07, 6.45) is 6.12. The van der Waals surface area contributed by atoms with Gasteiger partial charge in [-0.1, -0.05) is 58.9 Å². The number of nitrogens with zero attached hydrogens (tertiary/aromatic N) is 4. The number of urea groups is 1. The van der Waals surface area contributed by atoms with Crippen molar-refractivity contribution in [3.8, 4) is 5.75 Å². The molecule has 50 heavy (non-hydrogen) atoms. The van der Waals surface area contributed by atoms with Gasteiger partial charge < -0.3 is 20.5 Å². The summed E-state index contributed by atoms with van der Waals surface area (Å²) in [5.41, 5.74) is 3.88. The fraction of sp³-hybridized carbons (Fsp3) is 0.486. The van der Waals surface area contributed by atoms with Crippen LogP contribution in [0.5, 0.6) is 5.75 Å². The smallest absolute Gasteiger partial charge is 0.319 e. The Labute approximate surface area is 295 Å². The molecule has 3 heterocycles. The molecule has 1 aliphatic heterocycles. The van der Waals surface area contributed by atoms with Gasteiger partial charge in [0.25, 0.3) is 0 Å². The van der Waals surface area contributed by atoms with E-state index in [1.54, 1.807) is 12.1 Å². The van der Waals surface area contributed by atoms with Crippen molar-refractivity contribution in [2.45, 2.75) is 90.3 Å². The quantitative estimate of drug-likeness (QED) is 0.154. The number of pyridine rings is 1. The van der Waals surface area contributed by atoms with Crippen molar-refractivity contribution < 1.29 is 23.1 Å². The van der Waals surface area contributed by atoms with Gasteiger partial charge in [0.15, 0.2) is 11.5 Å². The van der Waals surface area contributed by atoms with E-state index in [4.69, 9.17) is 4.74 Å². The number of aromatic nitrogens is 3. The zero-order valence-electron chi connectivity index (χ0n) is 30.2. The van der Waals surface area contributed by atoms with Crippen molar-refractivity contribution in [1.29, 1.82) is 0 Å². The standard InChI is InChI=1S/C35H45N7O5S.C2H6/c1-34(2,3)23-19-24(21-25(20-23)40-48(5,45)46)36-33(44)37-29-12-13-30(28-10-7-6-9-27(28)29)47-26-11-14-31-38-39-32(42(31)22-26)35(4)15-8-16-41(35)17-18-43;1-2/h6-7,9-11,14,19-22,29-30,40,43H,8,12-13,15-18H2,1-5H3,(H2,36,37,44);1-2H3/t29?,30?,35-;/m0./s1. The fourth-order valence-corrected chi connectivity index (χ4v) is 7.52. The predicted octanol–water partition coefficient (Wildman–Crippen LogP) is 6.50. The van der Waals surface area contributed by atoms with Crippen molar-refractivity contribution in [2.24, 2.45) is 0 Å². The summed E-state index contributed by atoms with van der Waals surface area (Å²) >= 11 is 0. The highest BCUT2D eigenvalue weighted by atomic mass is 32.2. The Morgan fingerprint density at radius 3 is 2.46 bits per heavy atom. The van der Waals surface area contributed by atoms with Gasteiger partial charge in [0.1, 0.15) is 11.9 Å². The van der Waals surface area contributed by atoms with E-state index in [0.717, 1.165) is 53.8 Å². The maximum atomic E-state index is 13.3. The van der Waals surface area contributed by atoms with Crippen molar-refractivity contribution in [2.75, 3.05) is 36.0 Å². The van der Waals surface area contributed by atoms with Crippen molar-refractivity contribution in [1.82, 2.24) is 24.8 Å². The third-order valence-electron chi connectivity index (χ3n) is 9.40. The molecule has 2 aliphatic rings. The Balaban J connectivity index is 0.00000239. The van der Waals surface area contributed by atoms with Gasteiger partial charge in [-0.2, -0.15) is 0 Å². The van der Waals surface area contributed by atoms with E-state index in [0.29, 0.717) is 36.5 Å². The lowest BCUT2D eigenvalue weighted by Crippen LogP contribution is -2.41. The number of anilines is 2. The average molecular weight is 706 g/mol. The molecule has 12 nitrogen and oxygen atoms in total. The Morgan fingerprint density at radius 2 is 1.76 bits per heavy atom. The van der Waals surface area contributed by atoms with E-state index >= 15 is 0 Å². The number of rotatable bonds is 9. The molecule has 1 saturated heterocycles. The number of likely N-dealkylation sites (tertiary alicyclic amines) is 1. The predicted molar refractivity (Wildman–Crippen MR) is 197 cm³/mol. The van der Waals surface area contributed by atoms with Crippen LogP contribution in [-0.2, 0) is 21.0 Å². The first-order valence-electron chi connectivity index (χ1n) is 17.4. The van der Waals surface area contributed by atoms with E-state index in [1.165, 1.54) is 0 Å². The topological polar surface area (TPSA) is 150 Å². The number of ether oxygens (including phenoxy) is 1. The summed E-state index contributed by atoms with van der Waals surface area (Å²) in [6, 6.07) is 16.4. The van der Waals surface area contributed by atoms with Crippen LogP contribution in [0, 0.1) is 0 Å². The Kier molecular flexibility index (Phi) is 11.1. The molecule has 13 heteroatoms. The molecular weight excluding hydrogens is 655 g/mol. The van der Waals surface area contributed by atoms with Crippen LogP contribution in [0.4, 0.5) is 16.2 Å². The van der Waals surface area contributed by atoms with Crippen LogP contribution in [0.15, 0.2) is 60.8 Å². The van der Waals surface area contributed by atoms with Crippen LogP contribution in [0.2, 0.25) is 0 Å². The van der Waals surface area contributed by atoms with Gasteiger partial charge in [-0.25, -0.2) is 13.2 Å². The molecule has 4 aromatic rings. The number of aliphatic hydroxyl groups excluding tert-OH is 1. The second-order valence-corrected chi connectivity index (χ2v) is 15.8. The monoisotopic (exact) mass is 705 g/mol. The summed E-state index contributed by atoms with van der Waals surface area (Å²) in [5, 5.41) is 24.7. The van der Waals surface area contributed by atoms with E-state index < -0.39 is 10.0 Å². The molecule has 0 bridgehead atoms. The molecule has 270 valence electrons. The number of carbonyl (C=O) groups excluding carboxylic acids is 1. The Morgan fingerprint density at radius 1 is 1.04 bits per heavy atom. The first-order chi connectivity index (χ1) is 23.7. The van der Waals surface area contributed by atoms with Crippen LogP contribution in [0.25, 0.3) is 5.65 Å². The van der Waals surface area contributed by atoms with Gasteiger partial charge in [0, 0.05) is 12.2 Å². The normalized spacial score (nSPS) is 20.8. The molecule has 0 spiro atoms. The molecule has 2 amide bonds. The molecule has 1 aliphatic carbocycles. The minimum atomic E-state index is -3.50. The highest BCUT2D eigenvalue weighted by molar-refractivity contribution is 7.92. The molecule has 0 saturated carbocycles. The summed E-state index contributed by atoms with van der Waals surface area (Å²) in [4.78, 5) is 15.6. The van der Waals surface area contributed by atoms with Gasteiger partial charge in [0.2, 0.25) is 10.0 Å². The van der Waals surface area contributed by atoms with Crippen molar-refractivity contribution in [3.05, 3.63) is 83.3 Å². The minimum absolute atomic E-state index is 0.0907. The third-order valence-corrected chi connectivity index (χ3v) is 10.0. The molecule has 2 aromatic heterocycles. The lowest BCUT2D eigenvalue weighted by molar-refractivity contribution is 0.113. The van der Waals surface area contributed by atoms with Crippen molar-refractivity contribution >= 4 is 33.1 Å². The molecule has 6 rings (SSSR count). The first kappa shape index (κ1) is 37.1.